The number of nitrogens with two attached hydrogens (primary N) is 1. The zero-order valence-corrected chi connectivity index (χ0v) is 12.4. The molecule has 4 N–H and O–H groups in total. The summed E-state index contributed by atoms with van der Waals surface area (Å²) >= 11 is 5.76. The summed E-state index contributed by atoms with van der Waals surface area (Å²) in [7, 11) is -2.66. The largest absolute Gasteiger partial charge is 0.398 e. The van der Waals surface area contributed by atoms with E-state index < -0.39 is 27.0 Å². The number of benzene rings is 1. The van der Waals surface area contributed by atoms with Gasteiger partial charge in [-0.15, -0.1) is 0 Å². The summed E-state index contributed by atoms with van der Waals surface area (Å²) < 4.78 is 24.4. The highest BCUT2D eigenvalue weighted by molar-refractivity contribution is 7.92. The molecular formula is C11H14ClN3O4S. The maximum atomic E-state index is 12.2. The fourth-order valence-corrected chi connectivity index (χ4v) is 2.84. The molecule has 0 aliphatic rings. The molecule has 0 radical (unpaired) electrons. The van der Waals surface area contributed by atoms with E-state index in [-0.39, 0.29) is 15.6 Å². The molecule has 0 saturated heterocycles. The average Bonchev–Trinajstić information content (AvgIpc) is 2.40. The third kappa shape index (κ3) is 3.40. The van der Waals surface area contributed by atoms with Crippen molar-refractivity contribution in [2.75, 3.05) is 12.8 Å². The Morgan fingerprint density at radius 1 is 1.35 bits per heavy atom. The lowest BCUT2D eigenvalue weighted by Gasteiger charge is -2.13. The van der Waals surface area contributed by atoms with Crippen LogP contribution in [0.3, 0.4) is 0 Å². The molecule has 0 fully saturated rings. The smallest absolute Gasteiger partial charge is 0.321 e. The summed E-state index contributed by atoms with van der Waals surface area (Å²) in [5.74, 6) is -0.933. The Kier molecular flexibility index (Phi) is 4.96. The normalized spacial score (nSPS) is 12.6. The minimum atomic E-state index is -3.96. The van der Waals surface area contributed by atoms with Crippen LogP contribution in [0.1, 0.15) is 6.92 Å². The predicted octanol–water partition coefficient (Wildman–Crippen LogP) is 0.540. The third-order valence-corrected chi connectivity index (χ3v) is 4.98. The number of halogens is 1. The summed E-state index contributed by atoms with van der Waals surface area (Å²) in [5, 5.41) is 2.69. The molecule has 1 aromatic rings. The fourth-order valence-electron chi connectivity index (χ4n) is 1.31. The Hall–Kier alpha value is -1.80. The Bertz CT molecular complexity index is 645. The molecule has 1 atom stereocenters. The Morgan fingerprint density at radius 2 is 1.95 bits per heavy atom. The zero-order chi connectivity index (χ0) is 15.5. The van der Waals surface area contributed by atoms with Crippen LogP contribution in [-0.4, -0.2) is 32.7 Å². The summed E-state index contributed by atoms with van der Waals surface area (Å²) in [6.45, 7) is 1.18. The van der Waals surface area contributed by atoms with Gasteiger partial charge in [-0.2, -0.15) is 0 Å². The lowest BCUT2D eigenvalue weighted by molar-refractivity contribution is -0.119. The quantitative estimate of drug-likeness (QED) is 0.703. The standard InChI is InChI=1S/C11H14ClN3O4S/c1-6(10(16)15-11(17)14-2)20(18,19)7-3-4-9(13)8(12)5-7/h3-6H,13H2,1-2H3,(H2,14,15,16,17). The second kappa shape index (κ2) is 6.10. The Labute approximate surface area is 121 Å². The summed E-state index contributed by atoms with van der Waals surface area (Å²) in [4.78, 5) is 22.5. The molecule has 0 aliphatic carbocycles. The van der Waals surface area contributed by atoms with E-state index in [1.807, 2.05) is 5.32 Å². The van der Waals surface area contributed by atoms with Gasteiger partial charge in [0.05, 0.1) is 15.6 Å². The molecule has 7 nitrogen and oxygen atoms in total. The number of hydrogen-bond donors (Lipinski definition) is 3. The molecule has 3 amide bonds. The number of amides is 3. The molecule has 0 aromatic heterocycles. The van der Waals surface area contributed by atoms with Crippen LogP contribution in [0.25, 0.3) is 0 Å². The molecule has 0 bridgehead atoms. The van der Waals surface area contributed by atoms with Crippen LogP contribution in [0, 0.1) is 0 Å². The minimum Gasteiger partial charge on any atom is -0.398 e. The molecule has 9 heteroatoms. The van der Waals surface area contributed by atoms with Gasteiger partial charge in [-0.3, -0.25) is 10.1 Å². The summed E-state index contributed by atoms with van der Waals surface area (Å²) in [6, 6.07) is 2.96. The highest BCUT2D eigenvalue weighted by atomic mass is 35.5. The first-order chi connectivity index (χ1) is 9.20. The van der Waals surface area contributed by atoms with Gasteiger partial charge in [-0.05, 0) is 25.1 Å². The number of imide groups is 1. The first-order valence-corrected chi connectivity index (χ1v) is 7.44. The van der Waals surface area contributed by atoms with Crippen LogP contribution in [0.2, 0.25) is 5.02 Å². The minimum absolute atomic E-state index is 0.0741. The van der Waals surface area contributed by atoms with Crippen LogP contribution in [-0.2, 0) is 14.6 Å². The number of hydrogen-bond acceptors (Lipinski definition) is 5. The molecule has 0 aliphatic heterocycles. The number of carbonyl (C=O) groups is 2. The fraction of sp³-hybridized carbons (Fsp3) is 0.273. The number of sulfone groups is 1. The van der Waals surface area contributed by atoms with Crippen LogP contribution in [0.4, 0.5) is 10.5 Å². The van der Waals surface area contributed by atoms with Crippen molar-refractivity contribution in [3.05, 3.63) is 23.2 Å². The van der Waals surface area contributed by atoms with Crippen LogP contribution >= 0.6 is 11.6 Å². The van der Waals surface area contributed by atoms with Gasteiger partial charge in [0.1, 0.15) is 5.25 Å². The average molecular weight is 320 g/mol. The van der Waals surface area contributed by atoms with Crippen molar-refractivity contribution < 1.29 is 18.0 Å². The molecular weight excluding hydrogens is 306 g/mol. The van der Waals surface area contributed by atoms with E-state index in [1.165, 1.54) is 26.1 Å². The number of nitrogen functional groups attached to an aromatic ring is 1. The van der Waals surface area contributed by atoms with E-state index in [4.69, 9.17) is 17.3 Å². The predicted molar refractivity (Wildman–Crippen MR) is 75.1 cm³/mol. The molecule has 20 heavy (non-hydrogen) atoms. The summed E-state index contributed by atoms with van der Waals surface area (Å²) in [5.41, 5.74) is 5.72. The van der Waals surface area contributed by atoms with Crippen LogP contribution in [0.15, 0.2) is 23.1 Å². The van der Waals surface area contributed by atoms with Gasteiger partial charge in [0, 0.05) is 7.05 Å². The van der Waals surface area contributed by atoms with Crippen molar-refractivity contribution in [3.8, 4) is 0 Å². The van der Waals surface area contributed by atoms with E-state index in [9.17, 15) is 18.0 Å². The maximum absolute atomic E-state index is 12.2. The SMILES string of the molecule is CNC(=O)NC(=O)C(C)S(=O)(=O)c1ccc(N)c(Cl)c1. The first kappa shape index (κ1) is 16.3. The van der Waals surface area contributed by atoms with Gasteiger partial charge < -0.3 is 11.1 Å². The van der Waals surface area contributed by atoms with Crippen LogP contribution in [0.5, 0.6) is 0 Å². The number of urea groups is 1. The second-order valence-electron chi connectivity index (χ2n) is 3.94. The molecule has 1 aromatic carbocycles. The van der Waals surface area contributed by atoms with Gasteiger partial charge in [-0.1, -0.05) is 11.6 Å². The molecule has 0 heterocycles. The monoisotopic (exact) mass is 319 g/mol. The number of carbonyl (C=O) groups excluding carboxylic acids is 2. The van der Waals surface area contributed by atoms with E-state index in [1.54, 1.807) is 0 Å². The highest BCUT2D eigenvalue weighted by Crippen LogP contribution is 2.24. The van der Waals surface area contributed by atoms with E-state index in [2.05, 4.69) is 5.32 Å². The van der Waals surface area contributed by atoms with Crippen molar-refractivity contribution in [3.63, 3.8) is 0 Å². The molecule has 1 rings (SSSR count). The second-order valence-corrected chi connectivity index (χ2v) is 6.61. The van der Waals surface area contributed by atoms with Gasteiger partial charge >= 0.3 is 6.03 Å². The van der Waals surface area contributed by atoms with Crippen molar-refractivity contribution in [1.82, 2.24) is 10.6 Å². The van der Waals surface area contributed by atoms with E-state index in [0.29, 0.717) is 0 Å². The lowest BCUT2D eigenvalue weighted by Crippen LogP contribution is -2.44. The number of nitrogens with one attached hydrogen (secondary N) is 2. The molecule has 0 spiro atoms. The van der Waals surface area contributed by atoms with Gasteiger partial charge in [-0.25, -0.2) is 13.2 Å². The van der Waals surface area contributed by atoms with Gasteiger partial charge in [0.15, 0.2) is 9.84 Å². The van der Waals surface area contributed by atoms with Crippen LogP contribution < -0.4 is 16.4 Å². The maximum Gasteiger partial charge on any atom is 0.321 e. The van der Waals surface area contributed by atoms with E-state index in [0.717, 1.165) is 6.07 Å². The zero-order valence-electron chi connectivity index (χ0n) is 10.8. The first-order valence-electron chi connectivity index (χ1n) is 5.51. The lowest BCUT2D eigenvalue weighted by atomic mass is 10.3. The topological polar surface area (TPSA) is 118 Å². The van der Waals surface area contributed by atoms with Crippen molar-refractivity contribution in [2.24, 2.45) is 0 Å². The Balaban J connectivity index is 3.06. The Morgan fingerprint density at radius 3 is 2.45 bits per heavy atom. The molecule has 1 unspecified atom stereocenters. The van der Waals surface area contributed by atoms with Gasteiger partial charge in [0.2, 0.25) is 5.91 Å². The van der Waals surface area contributed by atoms with Crippen molar-refractivity contribution in [1.29, 1.82) is 0 Å². The number of anilines is 1. The highest BCUT2D eigenvalue weighted by Gasteiger charge is 2.31. The summed E-state index contributed by atoms with van der Waals surface area (Å²) in [6.07, 6.45) is 0. The van der Waals surface area contributed by atoms with Crippen molar-refractivity contribution in [2.45, 2.75) is 17.1 Å². The van der Waals surface area contributed by atoms with E-state index >= 15 is 0 Å². The molecule has 110 valence electrons. The van der Waals surface area contributed by atoms with Gasteiger partial charge in [0.25, 0.3) is 0 Å². The molecule has 0 saturated carbocycles. The number of rotatable bonds is 3. The third-order valence-electron chi connectivity index (χ3n) is 2.60. The van der Waals surface area contributed by atoms with Crippen molar-refractivity contribution >= 4 is 39.1 Å².